The number of phenolic OH excluding ortho intramolecular Hbond substituents is 2. The van der Waals surface area contributed by atoms with Gasteiger partial charge in [-0.2, -0.15) is 0 Å². The number of ether oxygens (including phenoxy) is 3. The molecule has 0 unspecified atom stereocenters. The second-order valence-electron chi connectivity index (χ2n) is 12.6. The molecule has 1 fully saturated rings. The van der Waals surface area contributed by atoms with Gasteiger partial charge in [-0.3, -0.25) is 4.79 Å². The van der Waals surface area contributed by atoms with Crippen LogP contribution < -0.4 is 10.6 Å². The van der Waals surface area contributed by atoms with Crippen molar-refractivity contribution in [3.63, 3.8) is 0 Å². The van der Waals surface area contributed by atoms with E-state index in [4.69, 9.17) is 14.2 Å². The Hall–Kier alpha value is -2.74. The summed E-state index contributed by atoms with van der Waals surface area (Å²) in [5.74, 6) is -2.45. The highest BCUT2D eigenvalue weighted by atomic mass is 16.5. The first-order valence-corrected chi connectivity index (χ1v) is 14.6. The molecule has 12 heteroatoms. The molecule has 7 N–H and O–H groups in total. The number of amides is 1. The normalized spacial score (nSPS) is 26.8. The molecule has 12 nitrogen and oxygen atoms in total. The first kappa shape index (κ1) is 34.7. The number of piperidine rings is 1. The van der Waals surface area contributed by atoms with Gasteiger partial charge in [-0.25, -0.2) is 4.79 Å². The third-order valence-corrected chi connectivity index (χ3v) is 9.23. The number of aromatic hydroxyl groups is 2. The van der Waals surface area contributed by atoms with E-state index in [1.807, 2.05) is 13.8 Å². The van der Waals surface area contributed by atoms with E-state index in [-0.39, 0.29) is 36.3 Å². The van der Waals surface area contributed by atoms with Gasteiger partial charge in [0, 0.05) is 44.1 Å². The van der Waals surface area contributed by atoms with Crippen molar-refractivity contribution < 1.29 is 49.3 Å². The Morgan fingerprint density at radius 3 is 2.47 bits per heavy atom. The van der Waals surface area contributed by atoms with Crippen LogP contribution in [0.2, 0.25) is 0 Å². The number of cyclic esters (lactones) is 1. The number of hydrogen-bond acceptors (Lipinski definition) is 11. The lowest BCUT2D eigenvalue weighted by Crippen LogP contribution is -2.65. The van der Waals surface area contributed by atoms with Crippen LogP contribution in [-0.4, -0.2) is 100 Å². The molecule has 0 radical (unpaired) electrons. The topological polar surface area (TPSA) is 187 Å². The fourth-order valence-electron chi connectivity index (χ4n) is 6.01. The highest BCUT2D eigenvalue weighted by Gasteiger charge is 2.47. The molecule has 0 aliphatic carbocycles. The van der Waals surface area contributed by atoms with Crippen molar-refractivity contribution in [2.45, 2.75) is 109 Å². The second-order valence-corrected chi connectivity index (χ2v) is 12.6. The standard InChI is InChI=1S/C31H48N2O10/c1-14(2)9-23(41-7)27(38)28(39)33-29(42-8)18-11-25(37)31(5,6)24(32-18)13-20(35)16(4)22-10-17-15(3)19(34)12-21(36)26(17)30(40)43-22/h12,16,18,20,22-25,27,29,32,34-38H,1,9-11,13H2,2-8H3,(H,33,39)/t16-,18+,20+,22-,23+,24-,25-,27+,29+/m1/s1. The molecule has 2 heterocycles. The van der Waals surface area contributed by atoms with Gasteiger partial charge in [-0.05, 0) is 44.2 Å². The lowest BCUT2D eigenvalue weighted by atomic mass is 9.70. The van der Waals surface area contributed by atoms with Crippen molar-refractivity contribution in [3.8, 4) is 11.5 Å². The molecule has 2 aliphatic rings. The molecular formula is C31H48N2O10. The number of hydrogen-bond donors (Lipinski definition) is 7. The van der Waals surface area contributed by atoms with Crippen molar-refractivity contribution in [3.05, 3.63) is 34.9 Å². The molecule has 1 amide bonds. The van der Waals surface area contributed by atoms with E-state index in [2.05, 4.69) is 17.2 Å². The van der Waals surface area contributed by atoms with Crippen LogP contribution >= 0.6 is 0 Å². The monoisotopic (exact) mass is 608 g/mol. The zero-order valence-electron chi connectivity index (χ0n) is 26.1. The number of rotatable bonds is 12. The maximum absolute atomic E-state index is 12.9. The summed E-state index contributed by atoms with van der Waals surface area (Å²) in [6.07, 6.45) is -4.80. The molecule has 1 aromatic rings. The van der Waals surface area contributed by atoms with Gasteiger partial charge in [-0.15, -0.1) is 6.58 Å². The number of esters is 1. The van der Waals surface area contributed by atoms with Crippen LogP contribution in [0.25, 0.3) is 0 Å². The number of nitrogens with one attached hydrogen (secondary N) is 2. The van der Waals surface area contributed by atoms with Crippen LogP contribution in [0.1, 0.15) is 68.4 Å². The summed E-state index contributed by atoms with van der Waals surface area (Å²) in [5.41, 5.74) is 1.01. The Morgan fingerprint density at radius 2 is 1.88 bits per heavy atom. The van der Waals surface area contributed by atoms with Gasteiger partial charge in [0.15, 0.2) is 6.10 Å². The lowest BCUT2D eigenvalue weighted by Gasteiger charge is -2.49. The van der Waals surface area contributed by atoms with E-state index in [9.17, 15) is 35.1 Å². The molecule has 1 aromatic carbocycles. The van der Waals surface area contributed by atoms with Gasteiger partial charge in [0.05, 0.1) is 24.4 Å². The van der Waals surface area contributed by atoms with Crippen LogP contribution in [0.4, 0.5) is 0 Å². The Balaban J connectivity index is 1.73. The Morgan fingerprint density at radius 1 is 1.23 bits per heavy atom. The molecule has 2 aliphatic heterocycles. The van der Waals surface area contributed by atoms with Crippen molar-refractivity contribution in [2.75, 3.05) is 14.2 Å². The molecule has 9 atom stereocenters. The summed E-state index contributed by atoms with van der Waals surface area (Å²) in [6, 6.07) is 0.0997. The zero-order valence-corrected chi connectivity index (χ0v) is 26.1. The molecule has 0 bridgehead atoms. The molecular weight excluding hydrogens is 560 g/mol. The number of benzene rings is 1. The molecule has 3 rings (SSSR count). The number of phenols is 2. The summed E-state index contributed by atoms with van der Waals surface area (Å²) < 4.78 is 16.4. The van der Waals surface area contributed by atoms with E-state index in [1.165, 1.54) is 14.2 Å². The minimum Gasteiger partial charge on any atom is -0.508 e. The predicted molar refractivity (Wildman–Crippen MR) is 157 cm³/mol. The van der Waals surface area contributed by atoms with Crippen LogP contribution in [0.3, 0.4) is 0 Å². The van der Waals surface area contributed by atoms with Crippen LogP contribution in [0, 0.1) is 18.3 Å². The average molecular weight is 609 g/mol. The Bertz CT molecular complexity index is 1190. The minimum absolute atomic E-state index is 0.0171. The van der Waals surface area contributed by atoms with Crippen molar-refractivity contribution in [1.29, 1.82) is 0 Å². The third-order valence-electron chi connectivity index (χ3n) is 9.23. The quantitative estimate of drug-likeness (QED) is 0.103. The summed E-state index contributed by atoms with van der Waals surface area (Å²) in [5, 5.41) is 59.6. The number of fused-ring (bicyclic) bond motifs is 1. The Kier molecular flexibility index (Phi) is 11.2. The van der Waals surface area contributed by atoms with E-state index in [1.54, 1.807) is 20.8 Å². The molecule has 1 saturated heterocycles. The first-order valence-electron chi connectivity index (χ1n) is 14.6. The highest BCUT2D eigenvalue weighted by Crippen LogP contribution is 2.40. The molecule has 0 spiro atoms. The van der Waals surface area contributed by atoms with Crippen molar-refractivity contribution >= 4 is 11.9 Å². The summed E-state index contributed by atoms with van der Waals surface area (Å²) >= 11 is 0. The van der Waals surface area contributed by atoms with E-state index in [0.717, 1.165) is 11.6 Å². The second kappa shape index (κ2) is 13.9. The van der Waals surface area contributed by atoms with E-state index < -0.39 is 72.0 Å². The number of aliphatic hydroxyl groups excluding tert-OH is 3. The van der Waals surface area contributed by atoms with Gasteiger partial charge in [0.25, 0.3) is 5.91 Å². The highest BCUT2D eigenvalue weighted by molar-refractivity contribution is 5.96. The Labute approximate surface area is 253 Å². The fourth-order valence-corrected chi connectivity index (χ4v) is 6.01. The van der Waals surface area contributed by atoms with Crippen LogP contribution in [0.5, 0.6) is 11.5 Å². The number of aliphatic hydroxyl groups is 3. The maximum Gasteiger partial charge on any atom is 0.342 e. The van der Waals surface area contributed by atoms with Gasteiger partial charge < -0.3 is 50.4 Å². The van der Waals surface area contributed by atoms with Gasteiger partial charge in [0.1, 0.15) is 29.4 Å². The van der Waals surface area contributed by atoms with E-state index >= 15 is 0 Å². The van der Waals surface area contributed by atoms with Gasteiger partial charge in [0.2, 0.25) is 0 Å². The smallest absolute Gasteiger partial charge is 0.342 e. The number of carbonyl (C=O) groups is 2. The number of methoxy groups -OCH3 is 2. The van der Waals surface area contributed by atoms with Crippen molar-refractivity contribution in [2.24, 2.45) is 11.3 Å². The molecule has 43 heavy (non-hydrogen) atoms. The van der Waals surface area contributed by atoms with Gasteiger partial charge >= 0.3 is 5.97 Å². The number of carbonyl (C=O) groups excluding carboxylic acids is 2. The minimum atomic E-state index is -1.47. The average Bonchev–Trinajstić information content (AvgIpc) is 2.94. The summed E-state index contributed by atoms with van der Waals surface area (Å²) in [7, 11) is 2.81. The first-order chi connectivity index (χ1) is 20.0. The molecule has 0 saturated carbocycles. The fraction of sp³-hybridized carbons (Fsp3) is 0.677. The van der Waals surface area contributed by atoms with Crippen molar-refractivity contribution in [1.82, 2.24) is 10.6 Å². The summed E-state index contributed by atoms with van der Waals surface area (Å²) in [6.45, 7) is 12.7. The van der Waals surface area contributed by atoms with E-state index in [0.29, 0.717) is 17.5 Å². The summed E-state index contributed by atoms with van der Waals surface area (Å²) in [4.78, 5) is 25.7. The molecule has 0 aromatic heterocycles. The van der Waals surface area contributed by atoms with Gasteiger partial charge in [-0.1, -0.05) is 26.3 Å². The third kappa shape index (κ3) is 7.50. The lowest BCUT2D eigenvalue weighted by molar-refractivity contribution is -0.143. The SMILES string of the molecule is C=C(C)C[C@H](OC)[C@H](O)C(=O)N[C@@H](OC)[C@@H]1C[C@@H](O)C(C)(C)[C@@H](C[C@H](O)[C@@H](C)[C@H]2Cc3c(C)c(O)cc(O)c3C(=O)O2)N1. The largest absolute Gasteiger partial charge is 0.508 e. The van der Waals surface area contributed by atoms with Crippen LogP contribution in [0.15, 0.2) is 18.2 Å². The maximum atomic E-state index is 12.9. The van der Waals surface area contributed by atoms with Crippen LogP contribution in [-0.2, 0) is 25.4 Å². The molecule has 242 valence electrons. The predicted octanol–water partition coefficient (Wildman–Crippen LogP) is 1.42. The zero-order chi connectivity index (χ0) is 32.4.